The number of rotatable bonds is 4. The number of nitrogens with one attached hydrogen (secondary N) is 2. The van der Waals surface area contributed by atoms with Crippen molar-refractivity contribution in [3.8, 4) is 0 Å². The number of ether oxygens (including phenoxy) is 1. The SMILES string of the molecule is O=C1CCC(=O)N(c2ccc(C(=O)Nc3cccc(Cl)c3N3CCOCC3)cc2)N1. The molecule has 0 aromatic heterocycles. The second kappa shape index (κ2) is 8.73. The van der Waals surface area contributed by atoms with Crippen LogP contribution in [0.1, 0.15) is 23.2 Å². The van der Waals surface area contributed by atoms with Gasteiger partial charge in [0, 0.05) is 31.5 Å². The van der Waals surface area contributed by atoms with Crippen LogP contribution in [0.25, 0.3) is 0 Å². The highest BCUT2D eigenvalue weighted by molar-refractivity contribution is 6.34. The number of benzene rings is 2. The van der Waals surface area contributed by atoms with Crippen molar-refractivity contribution in [1.82, 2.24) is 5.43 Å². The molecule has 2 aromatic carbocycles. The zero-order valence-electron chi connectivity index (χ0n) is 16.2. The van der Waals surface area contributed by atoms with Gasteiger partial charge in [-0.25, -0.2) is 5.01 Å². The van der Waals surface area contributed by atoms with E-state index in [2.05, 4.69) is 15.6 Å². The van der Waals surface area contributed by atoms with Gasteiger partial charge in [0.25, 0.3) is 5.91 Å². The zero-order chi connectivity index (χ0) is 21.1. The molecule has 2 N–H and O–H groups in total. The Kier molecular flexibility index (Phi) is 5.87. The number of hydrogen-bond donors (Lipinski definition) is 2. The van der Waals surface area contributed by atoms with Crippen molar-refractivity contribution in [3.63, 3.8) is 0 Å². The smallest absolute Gasteiger partial charge is 0.255 e. The van der Waals surface area contributed by atoms with E-state index in [-0.39, 0.29) is 30.6 Å². The standard InChI is InChI=1S/C21H21ClN4O4/c22-16-2-1-3-17(20(16)25-10-12-30-13-11-25)23-21(29)14-4-6-15(7-5-14)26-19(28)9-8-18(27)24-26/h1-7H,8-13H2,(H,23,29)(H,24,27). The van der Waals surface area contributed by atoms with Gasteiger partial charge in [0.1, 0.15) is 0 Å². The van der Waals surface area contributed by atoms with Crippen LogP contribution in [0, 0.1) is 0 Å². The molecule has 0 atom stereocenters. The average molecular weight is 429 g/mol. The molecule has 2 aliphatic rings. The van der Waals surface area contributed by atoms with Crippen LogP contribution in [0.4, 0.5) is 17.1 Å². The second-order valence-corrected chi connectivity index (χ2v) is 7.41. The van der Waals surface area contributed by atoms with Crippen LogP contribution >= 0.6 is 11.6 Å². The van der Waals surface area contributed by atoms with Crippen LogP contribution in [0.2, 0.25) is 5.02 Å². The topological polar surface area (TPSA) is 91.0 Å². The third kappa shape index (κ3) is 4.24. The number of morpholine rings is 1. The van der Waals surface area contributed by atoms with Crippen molar-refractivity contribution >= 4 is 46.4 Å². The maximum Gasteiger partial charge on any atom is 0.255 e. The lowest BCUT2D eigenvalue weighted by molar-refractivity contribution is -0.130. The number of halogens is 1. The van der Waals surface area contributed by atoms with Gasteiger partial charge in [0.2, 0.25) is 11.8 Å². The molecule has 2 fully saturated rings. The first-order valence-corrected chi connectivity index (χ1v) is 10.1. The summed E-state index contributed by atoms with van der Waals surface area (Å²) in [5, 5.41) is 4.69. The number of nitrogens with zero attached hydrogens (tertiary/aromatic N) is 2. The summed E-state index contributed by atoms with van der Waals surface area (Å²) in [4.78, 5) is 38.5. The van der Waals surface area contributed by atoms with Crippen LogP contribution in [-0.4, -0.2) is 44.0 Å². The highest BCUT2D eigenvalue weighted by Gasteiger charge is 2.24. The Hall–Kier alpha value is -3.10. The number of para-hydroxylation sites is 1. The minimum atomic E-state index is -0.299. The predicted octanol–water partition coefficient (Wildman–Crippen LogP) is 2.59. The van der Waals surface area contributed by atoms with Crippen LogP contribution in [0.5, 0.6) is 0 Å². The first-order valence-electron chi connectivity index (χ1n) is 9.68. The molecule has 0 saturated carbocycles. The summed E-state index contributed by atoms with van der Waals surface area (Å²) >= 11 is 6.42. The molecule has 30 heavy (non-hydrogen) atoms. The molecule has 2 heterocycles. The third-order valence-electron chi connectivity index (χ3n) is 5.00. The fourth-order valence-electron chi connectivity index (χ4n) is 3.46. The summed E-state index contributed by atoms with van der Waals surface area (Å²) in [6, 6.07) is 11.9. The lowest BCUT2D eigenvalue weighted by atomic mass is 10.1. The molecule has 8 nitrogen and oxygen atoms in total. The monoisotopic (exact) mass is 428 g/mol. The first kappa shape index (κ1) is 20.2. The van der Waals surface area contributed by atoms with Crippen molar-refractivity contribution in [1.29, 1.82) is 0 Å². The highest BCUT2D eigenvalue weighted by Crippen LogP contribution is 2.34. The zero-order valence-corrected chi connectivity index (χ0v) is 16.9. The quantitative estimate of drug-likeness (QED) is 0.781. The largest absolute Gasteiger partial charge is 0.378 e. The highest BCUT2D eigenvalue weighted by atomic mass is 35.5. The van der Waals surface area contributed by atoms with Gasteiger partial charge in [0.05, 0.1) is 35.3 Å². The van der Waals surface area contributed by atoms with Gasteiger partial charge in [-0.05, 0) is 36.4 Å². The Balaban J connectivity index is 1.51. The van der Waals surface area contributed by atoms with Gasteiger partial charge < -0.3 is 15.0 Å². The third-order valence-corrected chi connectivity index (χ3v) is 5.31. The Labute approximate surface area is 178 Å². The van der Waals surface area contributed by atoms with E-state index in [9.17, 15) is 14.4 Å². The normalized spacial score (nSPS) is 17.0. The molecular formula is C21H21ClN4O4. The Morgan fingerprint density at radius 3 is 2.50 bits per heavy atom. The lowest BCUT2D eigenvalue weighted by Gasteiger charge is -2.31. The summed E-state index contributed by atoms with van der Waals surface area (Å²) in [6.45, 7) is 2.59. The lowest BCUT2D eigenvalue weighted by Crippen LogP contribution is -2.50. The predicted molar refractivity (Wildman–Crippen MR) is 114 cm³/mol. The maximum absolute atomic E-state index is 12.8. The van der Waals surface area contributed by atoms with E-state index in [1.54, 1.807) is 36.4 Å². The van der Waals surface area contributed by atoms with E-state index >= 15 is 0 Å². The molecule has 2 aliphatic heterocycles. The van der Waals surface area contributed by atoms with Crippen molar-refractivity contribution < 1.29 is 19.1 Å². The molecule has 0 aliphatic carbocycles. The number of anilines is 3. The second-order valence-electron chi connectivity index (χ2n) is 7.00. The van der Waals surface area contributed by atoms with E-state index in [4.69, 9.17) is 16.3 Å². The average Bonchev–Trinajstić information content (AvgIpc) is 2.76. The van der Waals surface area contributed by atoms with E-state index in [1.165, 1.54) is 5.01 Å². The molecule has 4 rings (SSSR count). The van der Waals surface area contributed by atoms with Crippen molar-refractivity contribution in [2.24, 2.45) is 0 Å². The van der Waals surface area contributed by atoms with E-state index in [1.807, 2.05) is 6.07 Å². The van der Waals surface area contributed by atoms with E-state index < -0.39 is 0 Å². The summed E-state index contributed by atoms with van der Waals surface area (Å²) < 4.78 is 5.40. The molecule has 3 amide bonds. The molecule has 0 radical (unpaired) electrons. The van der Waals surface area contributed by atoms with Gasteiger partial charge in [-0.2, -0.15) is 0 Å². The van der Waals surface area contributed by atoms with Gasteiger partial charge >= 0.3 is 0 Å². The fraction of sp³-hybridized carbons (Fsp3) is 0.286. The fourth-order valence-corrected chi connectivity index (χ4v) is 3.76. The summed E-state index contributed by atoms with van der Waals surface area (Å²) in [7, 11) is 0. The van der Waals surface area contributed by atoms with E-state index in [0.29, 0.717) is 48.3 Å². The van der Waals surface area contributed by atoms with Crippen LogP contribution < -0.4 is 20.7 Å². The van der Waals surface area contributed by atoms with Gasteiger partial charge in [-0.3, -0.25) is 19.8 Å². The number of amides is 3. The molecular weight excluding hydrogens is 408 g/mol. The van der Waals surface area contributed by atoms with Crippen molar-refractivity contribution in [2.75, 3.05) is 41.5 Å². The van der Waals surface area contributed by atoms with Crippen LogP contribution in [0.3, 0.4) is 0 Å². The van der Waals surface area contributed by atoms with Gasteiger partial charge in [-0.15, -0.1) is 0 Å². The molecule has 0 bridgehead atoms. The molecule has 0 unspecified atom stereocenters. The molecule has 9 heteroatoms. The summed E-state index contributed by atoms with van der Waals surface area (Å²) in [5.41, 5.74) is 4.85. The van der Waals surface area contributed by atoms with E-state index in [0.717, 1.165) is 5.69 Å². The number of hydrazine groups is 1. The number of carbonyl (C=O) groups is 3. The van der Waals surface area contributed by atoms with Crippen LogP contribution in [-0.2, 0) is 14.3 Å². The maximum atomic E-state index is 12.8. The molecule has 156 valence electrons. The molecule has 2 aromatic rings. The molecule has 2 saturated heterocycles. The molecule has 0 spiro atoms. The Morgan fingerprint density at radius 1 is 1.03 bits per heavy atom. The van der Waals surface area contributed by atoms with Crippen LogP contribution in [0.15, 0.2) is 42.5 Å². The van der Waals surface area contributed by atoms with Gasteiger partial charge in [-0.1, -0.05) is 17.7 Å². The Bertz CT molecular complexity index is 973. The summed E-state index contributed by atoms with van der Waals surface area (Å²) in [6.07, 6.45) is 0.341. The minimum absolute atomic E-state index is 0.160. The Morgan fingerprint density at radius 2 is 1.77 bits per heavy atom. The first-order chi connectivity index (χ1) is 14.5. The van der Waals surface area contributed by atoms with Crippen molar-refractivity contribution in [2.45, 2.75) is 12.8 Å². The number of carbonyl (C=O) groups excluding carboxylic acids is 3. The van der Waals surface area contributed by atoms with Crippen molar-refractivity contribution in [3.05, 3.63) is 53.1 Å². The minimum Gasteiger partial charge on any atom is -0.378 e. The summed E-state index contributed by atoms with van der Waals surface area (Å²) in [5.74, 6) is -0.707. The van der Waals surface area contributed by atoms with Gasteiger partial charge in [0.15, 0.2) is 0 Å². The number of hydrogen-bond acceptors (Lipinski definition) is 5.